The van der Waals surface area contributed by atoms with E-state index in [1.807, 2.05) is 35.2 Å². The van der Waals surface area contributed by atoms with Crippen LogP contribution in [-0.2, 0) is 32.1 Å². The molecule has 2 amide bonds. The number of fused-ring (bicyclic) bond motifs is 2. The Morgan fingerprint density at radius 1 is 1.09 bits per heavy atom. The Balaban J connectivity index is 1.50. The number of nitrogens with zero attached hydrogens (tertiary/aromatic N) is 2. The first-order valence-electron chi connectivity index (χ1n) is 12.6. The summed E-state index contributed by atoms with van der Waals surface area (Å²) in [5.74, 6) is -0.790. The second kappa shape index (κ2) is 11.6. The van der Waals surface area contributed by atoms with Gasteiger partial charge in [-0.3, -0.25) is 14.4 Å². The highest BCUT2D eigenvalue weighted by molar-refractivity contribution is 5.86. The summed E-state index contributed by atoms with van der Waals surface area (Å²) in [5.41, 5.74) is 2.26. The molecule has 3 unspecified atom stereocenters. The lowest BCUT2D eigenvalue weighted by atomic mass is 9.92. The predicted octanol–water partition coefficient (Wildman–Crippen LogP) is 2.99. The number of carbonyl (C=O) groups excluding carboxylic acids is 3. The predicted molar refractivity (Wildman–Crippen MR) is 128 cm³/mol. The number of carbonyl (C=O) groups is 3. The Hall–Kier alpha value is -2.67. The Morgan fingerprint density at radius 3 is 2.74 bits per heavy atom. The van der Waals surface area contributed by atoms with Crippen LogP contribution in [0.25, 0.3) is 0 Å². The number of ether oxygens (including phenoxy) is 1. The zero-order valence-electron chi connectivity index (χ0n) is 19.9. The largest absolute Gasteiger partial charge is 0.463 e. The van der Waals surface area contributed by atoms with Crippen molar-refractivity contribution in [3.63, 3.8) is 0 Å². The monoisotopic (exact) mass is 468 g/mol. The van der Waals surface area contributed by atoms with Crippen LogP contribution in [0.4, 0.5) is 0 Å². The lowest BCUT2D eigenvalue weighted by Gasteiger charge is -2.37. The van der Waals surface area contributed by atoms with Gasteiger partial charge in [0.1, 0.15) is 6.61 Å². The van der Waals surface area contributed by atoms with Crippen LogP contribution in [0, 0.1) is 5.92 Å². The fourth-order valence-electron chi connectivity index (χ4n) is 5.35. The van der Waals surface area contributed by atoms with E-state index in [0.717, 1.165) is 43.2 Å². The molecule has 3 aliphatic rings. The summed E-state index contributed by atoms with van der Waals surface area (Å²) >= 11 is 0. The maximum Gasteiger partial charge on any atom is 0.305 e. The number of hydrogen-bond donors (Lipinski definition) is 1. The van der Waals surface area contributed by atoms with Crippen molar-refractivity contribution in [1.29, 1.82) is 0 Å². The molecule has 1 aromatic rings. The molecule has 3 heterocycles. The molecule has 1 N–H and O–H groups in total. The van der Waals surface area contributed by atoms with Crippen molar-refractivity contribution in [3.8, 4) is 0 Å². The molecule has 4 rings (SSSR count). The number of aliphatic hydroxyl groups excluding tert-OH is 1. The number of esters is 1. The maximum absolute atomic E-state index is 13.6. The van der Waals surface area contributed by atoms with Gasteiger partial charge in [-0.25, -0.2) is 0 Å². The van der Waals surface area contributed by atoms with Gasteiger partial charge in [0, 0.05) is 25.9 Å². The van der Waals surface area contributed by atoms with Crippen LogP contribution in [0.2, 0.25) is 0 Å². The third-order valence-electron chi connectivity index (χ3n) is 7.34. The molecule has 1 aromatic carbocycles. The number of allylic oxidation sites excluding steroid dienone is 2. The molecule has 7 nitrogen and oxygen atoms in total. The quantitative estimate of drug-likeness (QED) is 0.544. The van der Waals surface area contributed by atoms with Gasteiger partial charge in [-0.1, -0.05) is 36.4 Å². The summed E-state index contributed by atoms with van der Waals surface area (Å²) in [6, 6.07) is 7.63. The summed E-state index contributed by atoms with van der Waals surface area (Å²) in [7, 11) is 0. The Kier molecular flexibility index (Phi) is 8.38. The minimum absolute atomic E-state index is 0.0356. The van der Waals surface area contributed by atoms with E-state index in [1.165, 1.54) is 0 Å². The molecular weight excluding hydrogens is 432 g/mol. The van der Waals surface area contributed by atoms with Crippen LogP contribution in [0.15, 0.2) is 36.4 Å². The number of aliphatic hydroxyl groups is 1. The van der Waals surface area contributed by atoms with Gasteiger partial charge in [0.2, 0.25) is 11.8 Å². The highest BCUT2D eigenvalue weighted by Crippen LogP contribution is 2.28. The minimum Gasteiger partial charge on any atom is -0.463 e. The lowest BCUT2D eigenvalue weighted by molar-refractivity contribution is -0.149. The van der Waals surface area contributed by atoms with Crippen molar-refractivity contribution in [2.75, 3.05) is 19.8 Å². The third-order valence-corrected chi connectivity index (χ3v) is 7.34. The van der Waals surface area contributed by atoms with Crippen LogP contribution in [-0.4, -0.2) is 64.5 Å². The molecule has 0 saturated carbocycles. The van der Waals surface area contributed by atoms with Crippen LogP contribution in [0.1, 0.15) is 62.5 Å². The average Bonchev–Trinajstić information content (AvgIpc) is 3.33. The molecule has 3 atom stereocenters. The molecule has 0 spiro atoms. The first-order chi connectivity index (χ1) is 16.6. The van der Waals surface area contributed by atoms with E-state index in [4.69, 9.17) is 4.74 Å². The van der Waals surface area contributed by atoms with Crippen LogP contribution in [0.5, 0.6) is 0 Å². The van der Waals surface area contributed by atoms with Gasteiger partial charge in [-0.05, 0) is 56.1 Å². The van der Waals surface area contributed by atoms with Crippen molar-refractivity contribution in [2.24, 2.45) is 5.92 Å². The molecule has 0 bridgehead atoms. The topological polar surface area (TPSA) is 87.2 Å². The molecular formula is C27H36N2O5. The molecule has 0 radical (unpaired) electrons. The molecule has 7 heteroatoms. The fourth-order valence-corrected chi connectivity index (χ4v) is 5.35. The highest BCUT2D eigenvalue weighted by Gasteiger charge is 2.36. The van der Waals surface area contributed by atoms with E-state index in [1.54, 1.807) is 4.90 Å². The van der Waals surface area contributed by atoms with Gasteiger partial charge in [0.05, 0.1) is 24.6 Å². The van der Waals surface area contributed by atoms with Gasteiger partial charge in [-0.15, -0.1) is 0 Å². The first-order valence-corrected chi connectivity index (χ1v) is 12.6. The summed E-state index contributed by atoms with van der Waals surface area (Å²) in [5, 5.41) is 9.97. The van der Waals surface area contributed by atoms with Crippen LogP contribution < -0.4 is 0 Å². The SMILES string of the molecule is O=C1CCCCC=CCC(CC(=O)N2Cc3ccccc3CC2CO)C(=O)N2CCCC2CO1. The molecule has 34 heavy (non-hydrogen) atoms. The number of amides is 2. The highest BCUT2D eigenvalue weighted by atomic mass is 16.5. The Bertz CT molecular complexity index is 914. The van der Waals surface area contributed by atoms with E-state index >= 15 is 0 Å². The molecule has 0 aromatic heterocycles. The fraction of sp³-hybridized carbons (Fsp3) is 0.593. The molecule has 184 valence electrons. The lowest BCUT2D eigenvalue weighted by Crippen LogP contribution is -2.48. The van der Waals surface area contributed by atoms with Crippen LogP contribution >= 0.6 is 0 Å². The summed E-state index contributed by atoms with van der Waals surface area (Å²) in [6.07, 6.45) is 9.94. The summed E-state index contributed by atoms with van der Waals surface area (Å²) < 4.78 is 5.47. The smallest absolute Gasteiger partial charge is 0.305 e. The second-order valence-electron chi connectivity index (χ2n) is 9.70. The van der Waals surface area contributed by atoms with Gasteiger partial charge in [0.15, 0.2) is 0 Å². The van der Waals surface area contributed by atoms with Gasteiger partial charge < -0.3 is 19.6 Å². The van der Waals surface area contributed by atoms with Crippen molar-refractivity contribution in [1.82, 2.24) is 9.80 Å². The molecule has 1 fully saturated rings. The molecule has 3 aliphatic heterocycles. The molecule has 0 aliphatic carbocycles. The van der Waals surface area contributed by atoms with Crippen molar-refractivity contribution in [2.45, 2.75) is 76.4 Å². The maximum atomic E-state index is 13.6. The average molecular weight is 469 g/mol. The standard InChI is InChI=1S/C27H36N2O5/c30-18-24-15-20-9-6-7-11-22(20)17-29(24)25(31)16-21-10-4-2-1-3-5-13-26(32)34-19-23-12-8-14-28(23)27(21)33/h2,4,6-7,9,11,21,23-24,30H,1,3,5,8,10,12-19H2. The Morgan fingerprint density at radius 2 is 1.91 bits per heavy atom. The normalized spacial score (nSPS) is 26.4. The third kappa shape index (κ3) is 5.87. The number of rotatable bonds is 3. The zero-order chi connectivity index (χ0) is 23.9. The van der Waals surface area contributed by atoms with E-state index in [2.05, 4.69) is 6.08 Å². The summed E-state index contributed by atoms with van der Waals surface area (Å²) in [6.45, 7) is 1.22. The van der Waals surface area contributed by atoms with Crippen molar-refractivity contribution in [3.05, 3.63) is 47.5 Å². The van der Waals surface area contributed by atoms with Gasteiger partial charge >= 0.3 is 5.97 Å². The van der Waals surface area contributed by atoms with E-state index < -0.39 is 5.92 Å². The van der Waals surface area contributed by atoms with E-state index in [0.29, 0.717) is 32.4 Å². The van der Waals surface area contributed by atoms with E-state index in [9.17, 15) is 19.5 Å². The van der Waals surface area contributed by atoms with Crippen molar-refractivity contribution < 1.29 is 24.2 Å². The van der Waals surface area contributed by atoms with Crippen LogP contribution in [0.3, 0.4) is 0 Å². The number of cyclic esters (lactones) is 1. The van der Waals surface area contributed by atoms with Crippen molar-refractivity contribution >= 4 is 17.8 Å². The summed E-state index contributed by atoms with van der Waals surface area (Å²) in [4.78, 5) is 42.6. The van der Waals surface area contributed by atoms with E-state index in [-0.39, 0.29) is 49.5 Å². The second-order valence-corrected chi connectivity index (χ2v) is 9.70. The Labute approximate surface area is 201 Å². The first kappa shape index (κ1) is 24.5. The molecule has 1 saturated heterocycles. The van der Waals surface area contributed by atoms with Gasteiger partial charge in [-0.2, -0.15) is 0 Å². The minimum atomic E-state index is -0.459. The zero-order valence-corrected chi connectivity index (χ0v) is 19.9. The number of hydrogen-bond acceptors (Lipinski definition) is 5. The number of benzene rings is 1. The van der Waals surface area contributed by atoms with Gasteiger partial charge in [0.25, 0.3) is 0 Å².